The van der Waals surface area contributed by atoms with E-state index in [1.54, 1.807) is 20.8 Å². The van der Waals surface area contributed by atoms with Gasteiger partial charge in [0.05, 0.1) is 12.8 Å². The van der Waals surface area contributed by atoms with E-state index in [1.165, 1.54) is 4.90 Å². The van der Waals surface area contributed by atoms with Crippen LogP contribution < -0.4 is 0 Å². The van der Waals surface area contributed by atoms with Crippen molar-refractivity contribution in [3.8, 4) is 0 Å². The first-order valence-corrected chi connectivity index (χ1v) is 5.80. The van der Waals surface area contributed by atoms with Crippen LogP contribution in [0.1, 0.15) is 33.6 Å². The fourth-order valence-corrected chi connectivity index (χ4v) is 1.76. The second-order valence-corrected chi connectivity index (χ2v) is 5.42. The molecule has 1 rings (SSSR count). The molecule has 1 aliphatic rings. The molecule has 0 aliphatic carbocycles. The Morgan fingerprint density at radius 1 is 1.33 bits per heavy atom. The van der Waals surface area contributed by atoms with Crippen LogP contribution in [0, 0.1) is 6.57 Å². The van der Waals surface area contributed by atoms with E-state index in [1.807, 2.05) is 0 Å². The van der Waals surface area contributed by atoms with Crippen molar-refractivity contribution in [2.45, 2.75) is 44.8 Å². The SMILES string of the molecule is [C-]#[N+]C1(C(=O)O)CCN(C(=O)OC(C)(C)C)CC1. The molecule has 1 aliphatic heterocycles. The van der Waals surface area contributed by atoms with Gasteiger partial charge < -0.3 is 14.7 Å². The fraction of sp³-hybridized carbons (Fsp3) is 0.750. The molecule has 1 saturated heterocycles. The lowest BCUT2D eigenvalue weighted by Gasteiger charge is -2.33. The van der Waals surface area contributed by atoms with Crippen molar-refractivity contribution >= 4 is 12.1 Å². The molecule has 0 radical (unpaired) electrons. The van der Waals surface area contributed by atoms with Crippen LogP contribution in [0.25, 0.3) is 4.85 Å². The molecule has 1 fully saturated rings. The number of nitrogens with zero attached hydrogens (tertiary/aromatic N) is 2. The Morgan fingerprint density at radius 2 is 1.83 bits per heavy atom. The van der Waals surface area contributed by atoms with Gasteiger partial charge in [-0.2, -0.15) is 0 Å². The lowest BCUT2D eigenvalue weighted by Crippen LogP contribution is -2.50. The largest absolute Gasteiger partial charge is 0.475 e. The number of carbonyl (C=O) groups is 2. The maximum absolute atomic E-state index is 11.8. The number of hydrogen-bond acceptors (Lipinski definition) is 3. The summed E-state index contributed by atoms with van der Waals surface area (Å²) >= 11 is 0. The molecule has 1 amide bonds. The third-order valence-electron chi connectivity index (χ3n) is 2.85. The van der Waals surface area contributed by atoms with E-state index in [4.69, 9.17) is 16.4 Å². The Morgan fingerprint density at radius 3 is 2.17 bits per heavy atom. The summed E-state index contributed by atoms with van der Waals surface area (Å²) < 4.78 is 5.20. The van der Waals surface area contributed by atoms with Gasteiger partial charge in [0.15, 0.2) is 0 Å². The molecule has 0 aromatic heterocycles. The van der Waals surface area contributed by atoms with E-state index in [0.29, 0.717) is 0 Å². The number of piperidine rings is 1. The highest BCUT2D eigenvalue weighted by molar-refractivity contribution is 5.81. The standard InChI is InChI=1S/C12H18N2O4/c1-11(2,3)18-10(17)14-7-5-12(13-4,6-8-14)9(15)16/h5-8H2,1-3H3,(H,15,16). The fourth-order valence-electron chi connectivity index (χ4n) is 1.76. The Hall–Kier alpha value is -1.77. The summed E-state index contributed by atoms with van der Waals surface area (Å²) in [4.78, 5) is 27.5. The van der Waals surface area contributed by atoms with Crippen molar-refractivity contribution in [1.29, 1.82) is 0 Å². The van der Waals surface area contributed by atoms with Crippen LogP contribution in [0.5, 0.6) is 0 Å². The van der Waals surface area contributed by atoms with E-state index in [9.17, 15) is 9.59 Å². The summed E-state index contributed by atoms with van der Waals surface area (Å²) in [5.41, 5.74) is -1.95. The predicted octanol–water partition coefficient (Wildman–Crippen LogP) is 1.76. The van der Waals surface area contributed by atoms with Gasteiger partial charge in [-0.3, -0.25) is 4.85 Å². The Bertz CT molecular complexity index is 384. The van der Waals surface area contributed by atoms with Gasteiger partial charge in [0, 0.05) is 13.1 Å². The molecule has 0 atom stereocenters. The van der Waals surface area contributed by atoms with Crippen LogP contribution in [0.2, 0.25) is 0 Å². The Labute approximate surface area is 106 Å². The number of rotatable bonds is 1. The van der Waals surface area contributed by atoms with Gasteiger partial charge in [-0.25, -0.2) is 16.2 Å². The van der Waals surface area contributed by atoms with Gasteiger partial charge in [0.1, 0.15) is 5.60 Å². The Balaban J connectivity index is 2.62. The maximum Gasteiger partial charge on any atom is 0.410 e. The van der Waals surface area contributed by atoms with Crippen LogP contribution in [-0.2, 0) is 9.53 Å². The minimum absolute atomic E-state index is 0.144. The third-order valence-corrected chi connectivity index (χ3v) is 2.85. The van der Waals surface area contributed by atoms with Crippen LogP contribution in [0.3, 0.4) is 0 Å². The van der Waals surface area contributed by atoms with Gasteiger partial charge in [-0.05, 0) is 20.8 Å². The van der Waals surface area contributed by atoms with Crippen molar-refractivity contribution in [3.05, 3.63) is 11.4 Å². The number of ether oxygens (including phenoxy) is 1. The number of amides is 1. The summed E-state index contributed by atoms with van der Waals surface area (Å²) in [6.45, 7) is 12.8. The highest BCUT2D eigenvalue weighted by Crippen LogP contribution is 2.27. The molecule has 0 aromatic rings. The summed E-state index contributed by atoms with van der Waals surface area (Å²) in [6.07, 6.45) is -0.164. The molecular weight excluding hydrogens is 236 g/mol. The molecule has 0 spiro atoms. The molecule has 0 aromatic carbocycles. The molecule has 0 unspecified atom stereocenters. The minimum Gasteiger partial charge on any atom is -0.475 e. The predicted molar refractivity (Wildman–Crippen MR) is 64.0 cm³/mol. The highest BCUT2D eigenvalue weighted by Gasteiger charge is 2.49. The van der Waals surface area contributed by atoms with Gasteiger partial charge >= 0.3 is 17.6 Å². The van der Waals surface area contributed by atoms with E-state index < -0.39 is 23.2 Å². The number of hydrogen-bond donors (Lipinski definition) is 1. The van der Waals surface area contributed by atoms with Crippen LogP contribution in [0.4, 0.5) is 4.79 Å². The normalized spacial score (nSPS) is 18.9. The maximum atomic E-state index is 11.8. The van der Waals surface area contributed by atoms with Crippen molar-refractivity contribution < 1.29 is 19.4 Å². The zero-order chi connectivity index (χ0) is 14.0. The van der Waals surface area contributed by atoms with E-state index in [0.717, 1.165) is 0 Å². The van der Waals surface area contributed by atoms with E-state index in [2.05, 4.69) is 4.85 Å². The second kappa shape index (κ2) is 4.84. The molecule has 0 saturated carbocycles. The van der Waals surface area contributed by atoms with Crippen molar-refractivity contribution in [2.24, 2.45) is 0 Å². The van der Waals surface area contributed by atoms with Gasteiger partial charge in [-0.1, -0.05) is 0 Å². The first-order valence-electron chi connectivity index (χ1n) is 5.80. The van der Waals surface area contributed by atoms with Crippen molar-refractivity contribution in [1.82, 2.24) is 4.90 Å². The van der Waals surface area contributed by atoms with Crippen LogP contribution >= 0.6 is 0 Å². The molecule has 0 bridgehead atoms. The van der Waals surface area contributed by atoms with Gasteiger partial charge in [0.2, 0.25) is 0 Å². The Kier molecular flexibility index (Phi) is 3.85. The van der Waals surface area contributed by atoms with Crippen molar-refractivity contribution in [3.63, 3.8) is 0 Å². The van der Waals surface area contributed by atoms with E-state index >= 15 is 0 Å². The number of aliphatic carboxylic acids is 1. The topological polar surface area (TPSA) is 71.2 Å². The van der Waals surface area contributed by atoms with Crippen LogP contribution in [-0.4, -0.2) is 46.3 Å². The van der Waals surface area contributed by atoms with Crippen molar-refractivity contribution in [2.75, 3.05) is 13.1 Å². The summed E-state index contributed by atoms with van der Waals surface area (Å²) in [5.74, 6) is -1.11. The first kappa shape index (κ1) is 14.3. The zero-order valence-electron chi connectivity index (χ0n) is 10.9. The lowest BCUT2D eigenvalue weighted by molar-refractivity contribution is -0.143. The number of carbonyl (C=O) groups excluding carboxylic acids is 1. The monoisotopic (exact) mass is 254 g/mol. The van der Waals surface area contributed by atoms with Crippen LogP contribution in [0.15, 0.2) is 0 Å². The molecule has 1 heterocycles. The summed E-state index contributed by atoms with van der Waals surface area (Å²) in [6, 6.07) is 0. The lowest BCUT2D eigenvalue weighted by atomic mass is 9.89. The van der Waals surface area contributed by atoms with Gasteiger partial charge in [-0.15, -0.1) is 0 Å². The highest BCUT2D eigenvalue weighted by atomic mass is 16.6. The quantitative estimate of drug-likeness (QED) is 0.724. The minimum atomic E-state index is -1.38. The van der Waals surface area contributed by atoms with E-state index in [-0.39, 0.29) is 25.9 Å². The molecule has 6 heteroatoms. The molecule has 18 heavy (non-hydrogen) atoms. The smallest absolute Gasteiger partial charge is 0.410 e. The average molecular weight is 254 g/mol. The summed E-state index contributed by atoms with van der Waals surface area (Å²) in [5, 5.41) is 9.05. The molecule has 1 N–H and O–H groups in total. The first-order chi connectivity index (χ1) is 8.20. The third kappa shape index (κ3) is 3.13. The average Bonchev–Trinajstić information content (AvgIpc) is 2.26. The number of carboxylic acids is 1. The molecular formula is C12H18N2O4. The number of likely N-dealkylation sites (tertiary alicyclic amines) is 1. The molecule has 6 nitrogen and oxygen atoms in total. The zero-order valence-corrected chi connectivity index (χ0v) is 10.9. The number of carboxylic acid groups (broad SMARTS) is 1. The summed E-state index contributed by atoms with van der Waals surface area (Å²) in [7, 11) is 0. The molecule has 100 valence electrons. The second-order valence-electron chi connectivity index (χ2n) is 5.42. The van der Waals surface area contributed by atoms with Gasteiger partial charge in [0.25, 0.3) is 0 Å².